The Hall–Kier alpha value is -4.05. The highest BCUT2D eigenvalue weighted by Crippen LogP contribution is 2.35. The van der Waals surface area contributed by atoms with Gasteiger partial charge in [-0.3, -0.25) is 9.48 Å². The molecule has 35 heavy (non-hydrogen) atoms. The molecule has 7 nitrogen and oxygen atoms in total. The maximum atomic E-state index is 14.7. The van der Waals surface area contributed by atoms with Crippen molar-refractivity contribution >= 4 is 28.2 Å². The van der Waals surface area contributed by atoms with Gasteiger partial charge in [0.1, 0.15) is 11.6 Å². The zero-order valence-electron chi connectivity index (χ0n) is 18.6. The number of ether oxygens (including phenoxy) is 1. The molecule has 0 bridgehead atoms. The van der Waals surface area contributed by atoms with Gasteiger partial charge in [-0.05, 0) is 37.3 Å². The molecule has 0 unspecified atom stereocenters. The summed E-state index contributed by atoms with van der Waals surface area (Å²) < 4.78 is 36.8. The minimum Gasteiger partial charge on any atom is -0.481 e. The Kier molecular flexibility index (Phi) is 6.04. The molecule has 2 N–H and O–H groups in total. The molecular formula is C25H20F2N4O3S. The Bertz CT molecular complexity index is 1540. The van der Waals surface area contributed by atoms with Crippen molar-refractivity contribution in [2.24, 2.45) is 0 Å². The van der Waals surface area contributed by atoms with E-state index in [1.807, 2.05) is 6.07 Å². The molecule has 178 valence electrons. The number of carbonyl (C=O) groups is 1. The number of nitrogens with one attached hydrogen (secondary N) is 1. The number of aromatic amines is 1. The molecular weight excluding hydrogens is 474 g/mol. The van der Waals surface area contributed by atoms with E-state index in [0.29, 0.717) is 35.5 Å². The van der Waals surface area contributed by atoms with Gasteiger partial charge in [0.25, 0.3) is 0 Å². The SMILES string of the molecule is Cc1c(Oc2ccc(F)c(-c3ccn(Cc4cnc(CCC(=O)O)s4)n3)c2)c(F)cc2[nH]ccc12. The number of carboxylic acid groups (broad SMARTS) is 1. The highest BCUT2D eigenvalue weighted by Gasteiger charge is 2.16. The second-order valence-corrected chi connectivity index (χ2v) is 9.21. The summed E-state index contributed by atoms with van der Waals surface area (Å²) in [6.07, 6.45) is 5.55. The Morgan fingerprint density at radius 3 is 2.89 bits per heavy atom. The van der Waals surface area contributed by atoms with Crippen molar-refractivity contribution in [3.63, 3.8) is 0 Å². The van der Waals surface area contributed by atoms with E-state index < -0.39 is 17.6 Å². The molecule has 0 saturated heterocycles. The van der Waals surface area contributed by atoms with Crippen LogP contribution in [-0.2, 0) is 17.8 Å². The highest BCUT2D eigenvalue weighted by atomic mass is 32.1. The molecule has 0 fully saturated rings. The van der Waals surface area contributed by atoms with E-state index in [1.165, 1.54) is 35.6 Å². The summed E-state index contributed by atoms with van der Waals surface area (Å²) in [4.78, 5) is 18.9. The number of aromatic nitrogens is 4. The van der Waals surface area contributed by atoms with Crippen LogP contribution in [0.5, 0.6) is 11.5 Å². The number of rotatable bonds is 8. The average Bonchev–Trinajstić information content (AvgIpc) is 3.58. The van der Waals surface area contributed by atoms with Gasteiger partial charge in [0.15, 0.2) is 11.6 Å². The van der Waals surface area contributed by atoms with E-state index in [2.05, 4.69) is 15.1 Å². The quantitative estimate of drug-likeness (QED) is 0.279. The van der Waals surface area contributed by atoms with Crippen LogP contribution in [0.3, 0.4) is 0 Å². The molecule has 0 radical (unpaired) electrons. The summed E-state index contributed by atoms with van der Waals surface area (Å²) in [5, 5.41) is 14.9. The summed E-state index contributed by atoms with van der Waals surface area (Å²) in [6, 6.07) is 9.12. The lowest BCUT2D eigenvalue weighted by molar-refractivity contribution is -0.136. The number of carboxylic acids is 1. The van der Waals surface area contributed by atoms with Crippen LogP contribution >= 0.6 is 11.3 Å². The second kappa shape index (κ2) is 9.30. The van der Waals surface area contributed by atoms with Crippen LogP contribution in [-0.4, -0.2) is 30.8 Å². The van der Waals surface area contributed by atoms with Gasteiger partial charge < -0.3 is 14.8 Å². The maximum absolute atomic E-state index is 14.7. The van der Waals surface area contributed by atoms with Crippen molar-refractivity contribution in [2.45, 2.75) is 26.3 Å². The second-order valence-electron chi connectivity index (χ2n) is 8.01. The number of H-pyrrole nitrogens is 1. The zero-order chi connectivity index (χ0) is 24.5. The number of halogens is 2. The third kappa shape index (κ3) is 4.78. The fourth-order valence-electron chi connectivity index (χ4n) is 3.83. The van der Waals surface area contributed by atoms with Crippen LogP contribution in [0.1, 0.15) is 21.9 Å². The summed E-state index contributed by atoms with van der Waals surface area (Å²) in [6.45, 7) is 2.19. The van der Waals surface area contributed by atoms with Gasteiger partial charge in [-0.1, -0.05) is 0 Å². The predicted molar refractivity (Wildman–Crippen MR) is 128 cm³/mol. The van der Waals surface area contributed by atoms with Crippen molar-refractivity contribution in [1.29, 1.82) is 0 Å². The lowest BCUT2D eigenvalue weighted by atomic mass is 10.1. The summed E-state index contributed by atoms with van der Waals surface area (Å²) in [5.41, 5.74) is 1.95. The molecule has 5 rings (SSSR count). The number of fused-ring (bicyclic) bond motifs is 1. The molecule has 0 atom stereocenters. The number of aryl methyl sites for hydroxylation is 2. The molecule has 10 heteroatoms. The van der Waals surface area contributed by atoms with Crippen LogP contribution < -0.4 is 4.74 Å². The first kappa shape index (κ1) is 22.7. The Balaban J connectivity index is 1.36. The zero-order valence-corrected chi connectivity index (χ0v) is 19.4. The minimum atomic E-state index is -0.866. The van der Waals surface area contributed by atoms with Crippen molar-refractivity contribution in [1.82, 2.24) is 19.7 Å². The lowest BCUT2D eigenvalue weighted by Crippen LogP contribution is -1.99. The van der Waals surface area contributed by atoms with Gasteiger partial charge in [-0.2, -0.15) is 5.10 Å². The fraction of sp³-hybridized carbons (Fsp3) is 0.160. The molecule has 3 heterocycles. The molecule has 0 aliphatic heterocycles. The number of hydrogen-bond acceptors (Lipinski definition) is 5. The molecule has 5 aromatic rings. The van der Waals surface area contributed by atoms with Gasteiger partial charge in [0.2, 0.25) is 0 Å². The molecule has 0 aliphatic carbocycles. The average molecular weight is 495 g/mol. The number of benzene rings is 2. The first-order valence-electron chi connectivity index (χ1n) is 10.8. The molecule has 0 saturated carbocycles. The number of hydrogen-bond donors (Lipinski definition) is 2. The maximum Gasteiger partial charge on any atom is 0.303 e. The molecule has 0 aliphatic rings. The Labute approximate surface area is 202 Å². The number of nitrogens with zero attached hydrogens (tertiary/aromatic N) is 3. The van der Waals surface area contributed by atoms with Crippen molar-refractivity contribution in [3.8, 4) is 22.8 Å². The molecule has 3 aromatic heterocycles. The van der Waals surface area contributed by atoms with E-state index in [4.69, 9.17) is 9.84 Å². The Morgan fingerprint density at radius 1 is 1.20 bits per heavy atom. The largest absolute Gasteiger partial charge is 0.481 e. The van der Waals surface area contributed by atoms with E-state index >= 15 is 0 Å². The standard InChI is InChI=1S/C25H20F2N4O3S/c1-14-17-6-8-28-22(17)11-20(27)25(14)34-15-2-3-19(26)18(10-15)21-7-9-31(30-21)13-16-12-29-23(35-16)4-5-24(32)33/h2-3,6-12,28H,4-5,13H2,1H3,(H,32,33). The molecule has 0 spiro atoms. The van der Waals surface area contributed by atoms with E-state index in [9.17, 15) is 13.6 Å². The van der Waals surface area contributed by atoms with E-state index in [0.717, 1.165) is 15.3 Å². The predicted octanol–water partition coefficient (Wildman–Crippen LogP) is 5.93. The van der Waals surface area contributed by atoms with Crippen LogP contribution in [0.2, 0.25) is 0 Å². The molecule has 0 amide bonds. The first-order chi connectivity index (χ1) is 16.9. The minimum absolute atomic E-state index is 0.0268. The summed E-state index contributed by atoms with van der Waals surface area (Å²) >= 11 is 1.42. The van der Waals surface area contributed by atoms with Gasteiger partial charge >= 0.3 is 5.97 Å². The normalized spacial score (nSPS) is 11.3. The summed E-state index contributed by atoms with van der Waals surface area (Å²) in [5.74, 6) is -1.48. The van der Waals surface area contributed by atoms with Gasteiger partial charge in [0.05, 0.1) is 23.7 Å². The van der Waals surface area contributed by atoms with Crippen molar-refractivity contribution < 1.29 is 23.4 Å². The van der Waals surface area contributed by atoms with Crippen molar-refractivity contribution in [3.05, 3.63) is 82.1 Å². The Morgan fingerprint density at radius 2 is 2.06 bits per heavy atom. The number of thiazole rings is 1. The van der Waals surface area contributed by atoms with E-state index in [1.54, 1.807) is 36.3 Å². The van der Waals surface area contributed by atoms with Crippen LogP contribution in [0.25, 0.3) is 22.2 Å². The monoisotopic (exact) mass is 494 g/mol. The van der Waals surface area contributed by atoms with Crippen LogP contribution in [0, 0.1) is 18.6 Å². The third-order valence-corrected chi connectivity index (χ3v) is 6.60. The topological polar surface area (TPSA) is 93.0 Å². The van der Waals surface area contributed by atoms with Gasteiger partial charge in [-0.25, -0.2) is 13.8 Å². The van der Waals surface area contributed by atoms with Crippen LogP contribution in [0.4, 0.5) is 8.78 Å². The lowest BCUT2D eigenvalue weighted by Gasteiger charge is -2.12. The van der Waals surface area contributed by atoms with Crippen LogP contribution in [0.15, 0.2) is 55.0 Å². The van der Waals surface area contributed by atoms with Gasteiger partial charge in [0, 0.05) is 58.0 Å². The number of aliphatic carboxylic acids is 1. The highest BCUT2D eigenvalue weighted by molar-refractivity contribution is 7.11. The molecule has 2 aromatic carbocycles. The van der Waals surface area contributed by atoms with Gasteiger partial charge in [-0.15, -0.1) is 11.3 Å². The fourth-order valence-corrected chi connectivity index (χ4v) is 4.75. The van der Waals surface area contributed by atoms with E-state index in [-0.39, 0.29) is 17.7 Å². The van der Waals surface area contributed by atoms with Crippen molar-refractivity contribution in [2.75, 3.05) is 0 Å². The first-order valence-corrected chi connectivity index (χ1v) is 11.6. The smallest absolute Gasteiger partial charge is 0.303 e. The third-order valence-electron chi connectivity index (χ3n) is 5.56. The summed E-state index contributed by atoms with van der Waals surface area (Å²) in [7, 11) is 0.